The van der Waals surface area contributed by atoms with E-state index in [1.54, 1.807) is 0 Å². The van der Waals surface area contributed by atoms with Crippen LogP contribution in [-0.4, -0.2) is 41.6 Å². The SMILES string of the molecule is CC(C)N(C)CC(O)CCl. The Kier molecular flexibility index (Phi) is 5.04. The average molecular weight is 166 g/mol. The fourth-order valence-electron chi connectivity index (χ4n) is 0.592. The van der Waals surface area contributed by atoms with Gasteiger partial charge < -0.3 is 10.0 Å². The van der Waals surface area contributed by atoms with E-state index in [1.165, 1.54) is 0 Å². The lowest BCUT2D eigenvalue weighted by Crippen LogP contribution is -2.34. The van der Waals surface area contributed by atoms with E-state index in [2.05, 4.69) is 18.7 Å². The number of halogens is 1. The first kappa shape index (κ1) is 10.2. The second-order valence-electron chi connectivity index (χ2n) is 2.84. The van der Waals surface area contributed by atoms with Crippen LogP contribution >= 0.6 is 11.6 Å². The molecule has 3 heteroatoms. The number of hydrogen-bond acceptors (Lipinski definition) is 2. The molecule has 0 aromatic carbocycles. The van der Waals surface area contributed by atoms with Gasteiger partial charge in [0.05, 0.1) is 6.10 Å². The van der Waals surface area contributed by atoms with Crippen LogP contribution in [0.1, 0.15) is 13.8 Å². The summed E-state index contributed by atoms with van der Waals surface area (Å²) in [4.78, 5) is 2.06. The maximum Gasteiger partial charge on any atom is 0.0802 e. The van der Waals surface area contributed by atoms with E-state index < -0.39 is 6.10 Å². The zero-order chi connectivity index (χ0) is 8.15. The lowest BCUT2D eigenvalue weighted by Gasteiger charge is -2.22. The Bertz CT molecular complexity index is 87.7. The number of alkyl halides is 1. The van der Waals surface area contributed by atoms with Gasteiger partial charge >= 0.3 is 0 Å². The van der Waals surface area contributed by atoms with Gasteiger partial charge in [-0.05, 0) is 20.9 Å². The summed E-state index contributed by atoms with van der Waals surface area (Å²) in [5, 5.41) is 9.10. The first-order valence-electron chi connectivity index (χ1n) is 3.52. The maximum atomic E-state index is 9.10. The topological polar surface area (TPSA) is 23.5 Å². The van der Waals surface area contributed by atoms with Crippen molar-refractivity contribution < 1.29 is 5.11 Å². The predicted octanol–water partition coefficient (Wildman–Crippen LogP) is 0.926. The molecule has 0 aromatic heterocycles. The van der Waals surface area contributed by atoms with Gasteiger partial charge in [-0.15, -0.1) is 11.6 Å². The van der Waals surface area contributed by atoms with E-state index in [4.69, 9.17) is 16.7 Å². The molecule has 0 aromatic rings. The van der Waals surface area contributed by atoms with Crippen LogP contribution in [0.3, 0.4) is 0 Å². The molecule has 0 bridgehead atoms. The Hall–Kier alpha value is 0.210. The van der Waals surface area contributed by atoms with Gasteiger partial charge in [0.1, 0.15) is 0 Å². The van der Waals surface area contributed by atoms with Crippen molar-refractivity contribution in [2.45, 2.75) is 26.0 Å². The summed E-state index contributed by atoms with van der Waals surface area (Å²) in [6.45, 7) is 4.82. The lowest BCUT2D eigenvalue weighted by atomic mass is 10.3. The predicted molar refractivity (Wildman–Crippen MR) is 44.5 cm³/mol. The van der Waals surface area contributed by atoms with Gasteiger partial charge in [-0.3, -0.25) is 0 Å². The number of aliphatic hydroxyl groups excluding tert-OH is 1. The largest absolute Gasteiger partial charge is 0.391 e. The molecular formula is C7H16ClNO. The van der Waals surface area contributed by atoms with Gasteiger partial charge in [0.2, 0.25) is 0 Å². The Morgan fingerprint density at radius 2 is 2.00 bits per heavy atom. The van der Waals surface area contributed by atoms with Gasteiger partial charge in [-0.2, -0.15) is 0 Å². The summed E-state index contributed by atoms with van der Waals surface area (Å²) in [7, 11) is 1.97. The summed E-state index contributed by atoms with van der Waals surface area (Å²) in [5.74, 6) is 0.317. The molecule has 0 rings (SSSR count). The van der Waals surface area contributed by atoms with Crippen LogP contribution < -0.4 is 0 Å². The molecule has 1 unspecified atom stereocenters. The Morgan fingerprint density at radius 1 is 1.50 bits per heavy atom. The van der Waals surface area contributed by atoms with E-state index in [0.717, 1.165) is 0 Å². The monoisotopic (exact) mass is 165 g/mol. The van der Waals surface area contributed by atoms with Crippen molar-refractivity contribution in [1.82, 2.24) is 4.90 Å². The van der Waals surface area contributed by atoms with Gasteiger partial charge in [-0.1, -0.05) is 0 Å². The Labute approximate surface area is 67.8 Å². The molecule has 0 radical (unpaired) electrons. The number of likely N-dealkylation sites (N-methyl/N-ethyl adjacent to an activating group) is 1. The summed E-state index contributed by atoms with van der Waals surface area (Å²) in [6.07, 6.45) is -0.394. The van der Waals surface area contributed by atoms with Crippen molar-refractivity contribution in [3.05, 3.63) is 0 Å². The molecule has 0 fully saturated rings. The molecule has 0 saturated heterocycles. The summed E-state index contributed by atoms with van der Waals surface area (Å²) < 4.78 is 0. The lowest BCUT2D eigenvalue weighted by molar-refractivity contribution is 0.128. The fourth-order valence-corrected chi connectivity index (χ4v) is 0.690. The number of aliphatic hydroxyl groups is 1. The fraction of sp³-hybridized carbons (Fsp3) is 1.00. The van der Waals surface area contributed by atoms with Crippen molar-refractivity contribution >= 4 is 11.6 Å². The second-order valence-corrected chi connectivity index (χ2v) is 3.15. The van der Waals surface area contributed by atoms with Gasteiger partial charge in [0.15, 0.2) is 0 Å². The quantitative estimate of drug-likeness (QED) is 0.627. The van der Waals surface area contributed by atoms with Crippen LogP contribution in [0.4, 0.5) is 0 Å². The van der Waals surface area contributed by atoms with Crippen molar-refractivity contribution in [2.24, 2.45) is 0 Å². The first-order valence-corrected chi connectivity index (χ1v) is 4.05. The van der Waals surface area contributed by atoms with Gasteiger partial charge in [-0.25, -0.2) is 0 Å². The molecule has 1 N–H and O–H groups in total. The zero-order valence-corrected chi connectivity index (χ0v) is 7.60. The van der Waals surface area contributed by atoms with Crippen molar-refractivity contribution in [2.75, 3.05) is 19.5 Å². The third-order valence-electron chi connectivity index (χ3n) is 1.56. The Morgan fingerprint density at radius 3 is 2.30 bits per heavy atom. The molecule has 1 atom stereocenters. The van der Waals surface area contributed by atoms with Crippen LogP contribution in [0, 0.1) is 0 Å². The minimum Gasteiger partial charge on any atom is -0.391 e. The van der Waals surface area contributed by atoms with Crippen LogP contribution in [0.2, 0.25) is 0 Å². The van der Waals surface area contributed by atoms with Crippen molar-refractivity contribution in [1.29, 1.82) is 0 Å². The highest BCUT2D eigenvalue weighted by molar-refractivity contribution is 6.18. The number of rotatable bonds is 4. The highest BCUT2D eigenvalue weighted by Gasteiger charge is 2.08. The maximum absolute atomic E-state index is 9.10. The Balaban J connectivity index is 3.46. The van der Waals surface area contributed by atoms with E-state index in [-0.39, 0.29) is 0 Å². The van der Waals surface area contributed by atoms with E-state index >= 15 is 0 Å². The van der Waals surface area contributed by atoms with Crippen LogP contribution in [-0.2, 0) is 0 Å². The minimum atomic E-state index is -0.394. The molecule has 2 nitrogen and oxygen atoms in total. The van der Waals surface area contributed by atoms with Gasteiger partial charge in [0.25, 0.3) is 0 Å². The minimum absolute atomic E-state index is 0.317. The van der Waals surface area contributed by atoms with Crippen LogP contribution in [0.5, 0.6) is 0 Å². The van der Waals surface area contributed by atoms with Crippen molar-refractivity contribution in [3.8, 4) is 0 Å². The molecule has 10 heavy (non-hydrogen) atoms. The van der Waals surface area contributed by atoms with Crippen molar-refractivity contribution in [3.63, 3.8) is 0 Å². The third kappa shape index (κ3) is 4.09. The summed E-state index contributed by atoms with van der Waals surface area (Å²) >= 11 is 5.42. The highest BCUT2D eigenvalue weighted by atomic mass is 35.5. The molecular weight excluding hydrogens is 150 g/mol. The standard InChI is InChI=1S/C7H16ClNO/c1-6(2)9(3)5-7(10)4-8/h6-7,10H,4-5H2,1-3H3. The molecule has 62 valence electrons. The smallest absolute Gasteiger partial charge is 0.0802 e. The highest BCUT2D eigenvalue weighted by Crippen LogP contribution is 1.96. The normalized spacial score (nSPS) is 14.7. The molecule has 0 amide bonds. The van der Waals surface area contributed by atoms with E-state index in [9.17, 15) is 0 Å². The number of nitrogens with zero attached hydrogens (tertiary/aromatic N) is 1. The molecule has 0 heterocycles. The summed E-state index contributed by atoms with van der Waals surface area (Å²) in [5.41, 5.74) is 0. The number of hydrogen-bond donors (Lipinski definition) is 1. The zero-order valence-electron chi connectivity index (χ0n) is 6.84. The first-order chi connectivity index (χ1) is 4.57. The average Bonchev–Trinajstić information content (AvgIpc) is 1.87. The molecule has 0 aliphatic carbocycles. The van der Waals surface area contributed by atoms with E-state index in [0.29, 0.717) is 18.5 Å². The van der Waals surface area contributed by atoms with Crippen LogP contribution in [0.15, 0.2) is 0 Å². The van der Waals surface area contributed by atoms with E-state index in [1.807, 2.05) is 7.05 Å². The molecule has 0 aliphatic rings. The molecule has 0 spiro atoms. The van der Waals surface area contributed by atoms with Gasteiger partial charge in [0, 0.05) is 18.5 Å². The molecule has 0 aliphatic heterocycles. The molecule has 0 saturated carbocycles. The third-order valence-corrected chi connectivity index (χ3v) is 1.91. The summed E-state index contributed by atoms with van der Waals surface area (Å²) in [6, 6.07) is 0.470. The second kappa shape index (κ2) is 4.94. The van der Waals surface area contributed by atoms with Crippen LogP contribution in [0.25, 0.3) is 0 Å².